The van der Waals surface area contributed by atoms with Crippen LogP contribution in [-0.2, 0) is 5.54 Å². The molecule has 18 heavy (non-hydrogen) atoms. The maximum Gasteiger partial charge on any atom is 0.0561 e. The highest BCUT2D eigenvalue weighted by molar-refractivity contribution is 5.39. The molecule has 0 fully saturated rings. The van der Waals surface area contributed by atoms with Crippen LogP contribution in [0.3, 0.4) is 0 Å². The van der Waals surface area contributed by atoms with Gasteiger partial charge in [0.15, 0.2) is 0 Å². The highest BCUT2D eigenvalue weighted by Crippen LogP contribution is 2.40. The van der Waals surface area contributed by atoms with Crippen LogP contribution in [0.2, 0.25) is 0 Å². The maximum absolute atomic E-state index is 6.09. The van der Waals surface area contributed by atoms with Gasteiger partial charge in [0.1, 0.15) is 0 Å². The highest BCUT2D eigenvalue weighted by atomic mass is 15.0. The largest absolute Gasteiger partial charge is 0.328 e. The van der Waals surface area contributed by atoms with Crippen LogP contribution in [0.4, 0.5) is 0 Å². The number of nitrogens with one attached hydrogen (secondary N) is 1. The van der Waals surface area contributed by atoms with Crippen molar-refractivity contribution in [2.75, 3.05) is 13.1 Å². The van der Waals surface area contributed by atoms with E-state index in [0.717, 1.165) is 19.4 Å². The molecular weight excluding hydrogens is 220 g/mol. The van der Waals surface area contributed by atoms with Gasteiger partial charge in [0, 0.05) is 6.54 Å². The average molecular weight is 244 g/mol. The molecule has 2 rings (SSSR count). The van der Waals surface area contributed by atoms with Gasteiger partial charge in [0.05, 0.1) is 5.54 Å². The van der Waals surface area contributed by atoms with Gasteiger partial charge in [-0.2, -0.15) is 0 Å². The van der Waals surface area contributed by atoms with Gasteiger partial charge in [-0.05, 0) is 42.9 Å². The number of hydrogen-bond acceptors (Lipinski definition) is 2. The molecule has 1 aliphatic carbocycles. The molecule has 0 heterocycles. The minimum Gasteiger partial charge on any atom is -0.328 e. The zero-order chi connectivity index (χ0) is 13.0. The normalized spacial score (nSPS) is 26.7. The minimum atomic E-state index is -0.0356. The second-order valence-corrected chi connectivity index (χ2v) is 5.32. The number of benzene rings is 1. The lowest BCUT2D eigenvalue weighted by Gasteiger charge is -2.41. The highest BCUT2D eigenvalue weighted by Gasteiger charge is 2.36. The SMILES string of the molecule is C=CCCNC1(CN)CCC(C)c2ccccc21. The predicted molar refractivity (Wildman–Crippen MR) is 77.6 cm³/mol. The van der Waals surface area contributed by atoms with Crippen molar-refractivity contribution < 1.29 is 0 Å². The summed E-state index contributed by atoms with van der Waals surface area (Å²) in [6, 6.07) is 8.74. The molecule has 2 nitrogen and oxygen atoms in total. The summed E-state index contributed by atoms with van der Waals surface area (Å²) in [4.78, 5) is 0. The molecule has 0 amide bonds. The second-order valence-electron chi connectivity index (χ2n) is 5.32. The molecule has 2 atom stereocenters. The van der Waals surface area contributed by atoms with Crippen LogP contribution in [0.5, 0.6) is 0 Å². The lowest BCUT2D eigenvalue weighted by molar-refractivity contribution is 0.282. The van der Waals surface area contributed by atoms with E-state index in [2.05, 4.69) is 43.1 Å². The molecule has 3 N–H and O–H groups in total. The van der Waals surface area contributed by atoms with Gasteiger partial charge >= 0.3 is 0 Å². The third kappa shape index (κ3) is 2.36. The van der Waals surface area contributed by atoms with Gasteiger partial charge in [-0.25, -0.2) is 0 Å². The summed E-state index contributed by atoms with van der Waals surface area (Å²) < 4.78 is 0. The maximum atomic E-state index is 6.09. The van der Waals surface area contributed by atoms with Gasteiger partial charge < -0.3 is 11.1 Å². The summed E-state index contributed by atoms with van der Waals surface area (Å²) in [6.07, 6.45) is 5.27. The smallest absolute Gasteiger partial charge is 0.0561 e. The first-order chi connectivity index (χ1) is 8.73. The Balaban J connectivity index is 2.31. The van der Waals surface area contributed by atoms with E-state index in [1.54, 1.807) is 0 Å². The van der Waals surface area contributed by atoms with Gasteiger partial charge in [0.2, 0.25) is 0 Å². The third-order valence-electron chi connectivity index (χ3n) is 4.17. The molecule has 0 spiro atoms. The first-order valence-electron chi connectivity index (χ1n) is 6.89. The van der Waals surface area contributed by atoms with Crippen LogP contribution in [-0.4, -0.2) is 13.1 Å². The lowest BCUT2D eigenvalue weighted by atomic mass is 9.72. The summed E-state index contributed by atoms with van der Waals surface area (Å²) in [5, 5.41) is 3.67. The zero-order valence-electron chi connectivity index (χ0n) is 11.3. The van der Waals surface area contributed by atoms with E-state index in [9.17, 15) is 0 Å². The van der Waals surface area contributed by atoms with E-state index in [1.165, 1.54) is 17.5 Å². The Morgan fingerprint density at radius 2 is 2.28 bits per heavy atom. The molecule has 1 aromatic carbocycles. The fourth-order valence-electron chi connectivity index (χ4n) is 3.00. The summed E-state index contributed by atoms with van der Waals surface area (Å²) in [6.45, 7) is 7.69. The van der Waals surface area contributed by atoms with Crippen LogP contribution in [0.25, 0.3) is 0 Å². The fourth-order valence-corrected chi connectivity index (χ4v) is 3.00. The van der Waals surface area contributed by atoms with E-state index < -0.39 is 0 Å². The lowest BCUT2D eigenvalue weighted by Crippen LogP contribution is -2.51. The number of fused-ring (bicyclic) bond motifs is 1. The molecular formula is C16H24N2. The number of hydrogen-bond donors (Lipinski definition) is 2. The second kappa shape index (κ2) is 5.68. The van der Waals surface area contributed by atoms with Gasteiger partial charge in [-0.3, -0.25) is 0 Å². The molecule has 0 radical (unpaired) electrons. The molecule has 0 aliphatic heterocycles. The van der Waals surface area contributed by atoms with Crippen LogP contribution in [0.15, 0.2) is 36.9 Å². The Hall–Kier alpha value is -1.12. The van der Waals surface area contributed by atoms with Crippen molar-refractivity contribution in [3.63, 3.8) is 0 Å². The minimum absolute atomic E-state index is 0.0356. The molecule has 0 bridgehead atoms. The first kappa shape index (κ1) is 13.3. The molecule has 98 valence electrons. The summed E-state index contributed by atoms with van der Waals surface area (Å²) in [7, 11) is 0. The Labute approximate surface area is 110 Å². The Bertz CT molecular complexity index is 413. The molecule has 2 unspecified atom stereocenters. The van der Waals surface area contributed by atoms with Crippen molar-refractivity contribution in [3.05, 3.63) is 48.0 Å². The van der Waals surface area contributed by atoms with Gasteiger partial charge in [0.25, 0.3) is 0 Å². The summed E-state index contributed by atoms with van der Waals surface area (Å²) >= 11 is 0. The van der Waals surface area contributed by atoms with Crippen LogP contribution < -0.4 is 11.1 Å². The fraction of sp³-hybridized carbons (Fsp3) is 0.500. The number of nitrogens with two attached hydrogens (primary N) is 1. The van der Waals surface area contributed by atoms with Crippen molar-refractivity contribution in [1.82, 2.24) is 5.32 Å². The van der Waals surface area contributed by atoms with E-state index in [0.29, 0.717) is 12.5 Å². The molecule has 0 saturated carbocycles. The quantitative estimate of drug-likeness (QED) is 0.617. The molecule has 2 heteroatoms. The van der Waals surface area contributed by atoms with E-state index in [4.69, 9.17) is 5.73 Å². The molecule has 0 aromatic heterocycles. The third-order valence-corrected chi connectivity index (χ3v) is 4.17. The topological polar surface area (TPSA) is 38.0 Å². The number of rotatable bonds is 5. The average Bonchev–Trinajstić information content (AvgIpc) is 2.42. The van der Waals surface area contributed by atoms with Gasteiger partial charge in [-0.1, -0.05) is 37.3 Å². The first-order valence-corrected chi connectivity index (χ1v) is 6.89. The standard InChI is InChI=1S/C16H24N2/c1-3-4-11-18-16(12-17)10-9-13(2)14-7-5-6-8-15(14)16/h3,5-8,13,18H,1,4,9-12,17H2,2H3. The van der Waals surface area contributed by atoms with Gasteiger partial charge in [-0.15, -0.1) is 6.58 Å². The predicted octanol–water partition coefficient (Wildman–Crippen LogP) is 2.90. The van der Waals surface area contributed by atoms with E-state index in [-0.39, 0.29) is 5.54 Å². The van der Waals surface area contributed by atoms with E-state index in [1.807, 2.05) is 6.08 Å². The van der Waals surface area contributed by atoms with Crippen molar-refractivity contribution in [1.29, 1.82) is 0 Å². The van der Waals surface area contributed by atoms with Crippen molar-refractivity contribution >= 4 is 0 Å². The van der Waals surface area contributed by atoms with E-state index >= 15 is 0 Å². The zero-order valence-corrected chi connectivity index (χ0v) is 11.3. The summed E-state index contributed by atoms with van der Waals surface area (Å²) in [5.74, 6) is 0.641. The van der Waals surface area contributed by atoms with Crippen molar-refractivity contribution in [3.8, 4) is 0 Å². The summed E-state index contributed by atoms with van der Waals surface area (Å²) in [5.41, 5.74) is 8.91. The Kier molecular flexibility index (Phi) is 4.20. The van der Waals surface area contributed by atoms with Crippen LogP contribution in [0.1, 0.15) is 43.2 Å². The van der Waals surface area contributed by atoms with Crippen molar-refractivity contribution in [2.24, 2.45) is 5.73 Å². The Morgan fingerprint density at radius 1 is 1.50 bits per heavy atom. The van der Waals surface area contributed by atoms with Crippen molar-refractivity contribution in [2.45, 2.75) is 37.6 Å². The van der Waals surface area contributed by atoms with Crippen LogP contribution in [0, 0.1) is 0 Å². The Morgan fingerprint density at radius 3 is 3.00 bits per heavy atom. The molecule has 1 aromatic rings. The molecule has 1 aliphatic rings. The monoisotopic (exact) mass is 244 g/mol. The molecule has 0 saturated heterocycles. The van der Waals surface area contributed by atoms with Crippen LogP contribution >= 0.6 is 0 Å².